The van der Waals surface area contributed by atoms with Crippen molar-refractivity contribution in [2.45, 2.75) is 6.92 Å². The van der Waals surface area contributed by atoms with Crippen LogP contribution in [-0.4, -0.2) is 10.7 Å². The summed E-state index contributed by atoms with van der Waals surface area (Å²) >= 11 is 1.43. The molecule has 2 aromatic rings. The van der Waals surface area contributed by atoms with Crippen molar-refractivity contribution in [1.82, 2.24) is 4.98 Å². The van der Waals surface area contributed by atoms with Gasteiger partial charge in [-0.3, -0.25) is 5.43 Å². The lowest BCUT2D eigenvalue weighted by molar-refractivity contribution is 1.30. The number of anilines is 1. The fourth-order valence-electron chi connectivity index (χ4n) is 1.26. The van der Waals surface area contributed by atoms with Gasteiger partial charge in [-0.15, -0.1) is 0 Å². The summed E-state index contributed by atoms with van der Waals surface area (Å²) < 4.78 is 1.04. The van der Waals surface area contributed by atoms with Crippen LogP contribution in [0.15, 0.2) is 23.3 Å². The summed E-state index contributed by atoms with van der Waals surface area (Å²) in [6.07, 6.45) is 0. The molecule has 0 bridgehead atoms. The highest BCUT2D eigenvalue weighted by Crippen LogP contribution is 2.26. The summed E-state index contributed by atoms with van der Waals surface area (Å²) in [5, 5.41) is 21.2. The number of hydrogen-bond donors (Lipinski definition) is 1. The number of nitriles is 2. The SMILES string of the molecule is Cc1ccc2nc(NN=C(C#N)C#N)sc2c1. The van der Waals surface area contributed by atoms with Gasteiger partial charge in [0.05, 0.1) is 10.2 Å². The molecule has 5 nitrogen and oxygen atoms in total. The van der Waals surface area contributed by atoms with E-state index in [1.807, 2.05) is 25.1 Å². The number of fused-ring (bicyclic) bond motifs is 1. The fraction of sp³-hybridized carbons (Fsp3) is 0.0909. The molecule has 0 aliphatic heterocycles. The standard InChI is InChI=1S/C11H7N5S/c1-7-2-3-9-10(4-7)17-11(14-9)16-15-8(5-12)6-13/h2-4H,1H3,(H,14,16). The van der Waals surface area contributed by atoms with Gasteiger partial charge in [0.25, 0.3) is 0 Å². The molecule has 17 heavy (non-hydrogen) atoms. The second-order valence-corrected chi connectivity index (χ2v) is 4.32. The molecule has 1 aromatic carbocycles. The molecule has 1 heterocycles. The molecule has 0 saturated heterocycles. The molecule has 0 atom stereocenters. The van der Waals surface area contributed by atoms with Crippen LogP contribution in [-0.2, 0) is 0 Å². The van der Waals surface area contributed by atoms with E-state index in [9.17, 15) is 0 Å². The lowest BCUT2D eigenvalue weighted by Gasteiger charge is -1.89. The first-order valence-electron chi connectivity index (χ1n) is 4.74. The third-order valence-electron chi connectivity index (χ3n) is 2.02. The summed E-state index contributed by atoms with van der Waals surface area (Å²) in [7, 11) is 0. The molecule has 6 heteroatoms. The molecule has 2 rings (SSSR count). The molecular weight excluding hydrogens is 234 g/mol. The van der Waals surface area contributed by atoms with Crippen LogP contribution in [0, 0.1) is 29.6 Å². The van der Waals surface area contributed by atoms with Crippen molar-refractivity contribution in [3.63, 3.8) is 0 Å². The number of nitrogens with one attached hydrogen (secondary N) is 1. The number of benzene rings is 1. The van der Waals surface area contributed by atoms with Crippen molar-refractivity contribution in [3.05, 3.63) is 23.8 Å². The van der Waals surface area contributed by atoms with Crippen LogP contribution in [0.5, 0.6) is 0 Å². The smallest absolute Gasteiger partial charge is 0.237 e. The van der Waals surface area contributed by atoms with Gasteiger partial charge in [-0.1, -0.05) is 17.4 Å². The van der Waals surface area contributed by atoms with Gasteiger partial charge in [-0.25, -0.2) is 4.98 Å². The van der Waals surface area contributed by atoms with Gasteiger partial charge in [-0.2, -0.15) is 15.6 Å². The van der Waals surface area contributed by atoms with E-state index < -0.39 is 0 Å². The van der Waals surface area contributed by atoms with Crippen LogP contribution in [0.3, 0.4) is 0 Å². The summed E-state index contributed by atoms with van der Waals surface area (Å²) in [4.78, 5) is 4.28. The van der Waals surface area contributed by atoms with E-state index in [2.05, 4.69) is 15.5 Å². The van der Waals surface area contributed by atoms with Crippen molar-refractivity contribution in [2.75, 3.05) is 5.43 Å². The highest BCUT2D eigenvalue weighted by molar-refractivity contribution is 7.22. The van der Waals surface area contributed by atoms with Gasteiger partial charge in [-0.05, 0) is 24.6 Å². The molecular formula is C11H7N5S. The van der Waals surface area contributed by atoms with E-state index >= 15 is 0 Å². The molecule has 0 aliphatic rings. The highest BCUT2D eigenvalue weighted by Gasteiger charge is 2.03. The van der Waals surface area contributed by atoms with Crippen molar-refractivity contribution in [3.8, 4) is 12.1 Å². The first kappa shape index (κ1) is 11.1. The molecule has 0 fully saturated rings. The Balaban J connectivity index is 2.30. The Kier molecular flexibility index (Phi) is 2.99. The molecule has 0 amide bonds. The van der Waals surface area contributed by atoms with E-state index in [1.165, 1.54) is 11.3 Å². The molecule has 0 radical (unpaired) electrons. The van der Waals surface area contributed by atoms with Gasteiger partial charge in [0.15, 0.2) is 0 Å². The average molecular weight is 241 g/mol. The van der Waals surface area contributed by atoms with Gasteiger partial charge >= 0.3 is 0 Å². The molecule has 0 spiro atoms. The van der Waals surface area contributed by atoms with Crippen molar-refractivity contribution in [2.24, 2.45) is 5.10 Å². The minimum Gasteiger partial charge on any atom is -0.251 e. The van der Waals surface area contributed by atoms with E-state index in [4.69, 9.17) is 10.5 Å². The van der Waals surface area contributed by atoms with Crippen LogP contribution >= 0.6 is 11.3 Å². The minimum atomic E-state index is -0.222. The summed E-state index contributed by atoms with van der Waals surface area (Å²) in [6, 6.07) is 9.26. The lowest BCUT2D eigenvalue weighted by atomic mass is 10.2. The van der Waals surface area contributed by atoms with Crippen LogP contribution < -0.4 is 5.43 Å². The Hall–Kier alpha value is -2.44. The third kappa shape index (κ3) is 2.39. The van der Waals surface area contributed by atoms with Crippen LogP contribution in [0.1, 0.15) is 5.56 Å². The number of hydrazone groups is 1. The predicted octanol–water partition coefficient (Wildman–Crippen LogP) is 2.42. The van der Waals surface area contributed by atoms with E-state index in [1.54, 1.807) is 12.1 Å². The molecule has 0 saturated carbocycles. The van der Waals surface area contributed by atoms with Crippen LogP contribution in [0.4, 0.5) is 5.13 Å². The maximum absolute atomic E-state index is 8.52. The molecule has 1 aromatic heterocycles. The summed E-state index contributed by atoms with van der Waals surface area (Å²) in [5.41, 5.74) is 4.41. The maximum atomic E-state index is 8.52. The Morgan fingerprint density at radius 2 is 2.18 bits per heavy atom. The topological polar surface area (TPSA) is 84.9 Å². The average Bonchev–Trinajstić information content (AvgIpc) is 2.72. The maximum Gasteiger partial charge on any atom is 0.237 e. The molecule has 0 aliphatic carbocycles. The van der Waals surface area contributed by atoms with Gasteiger partial charge < -0.3 is 0 Å². The monoisotopic (exact) mass is 241 g/mol. The largest absolute Gasteiger partial charge is 0.251 e. The van der Waals surface area contributed by atoms with Crippen LogP contribution in [0.25, 0.3) is 10.2 Å². The van der Waals surface area contributed by atoms with Crippen molar-refractivity contribution < 1.29 is 0 Å². The zero-order valence-corrected chi connectivity index (χ0v) is 9.75. The second-order valence-electron chi connectivity index (χ2n) is 3.29. The highest BCUT2D eigenvalue weighted by atomic mass is 32.1. The van der Waals surface area contributed by atoms with Gasteiger partial charge in [0.2, 0.25) is 10.8 Å². The minimum absolute atomic E-state index is 0.222. The second kappa shape index (κ2) is 4.60. The Morgan fingerprint density at radius 1 is 1.41 bits per heavy atom. The lowest BCUT2D eigenvalue weighted by Crippen LogP contribution is -1.95. The first-order chi connectivity index (χ1) is 8.22. The number of thiazole rings is 1. The number of rotatable bonds is 2. The zero-order chi connectivity index (χ0) is 12.3. The Labute approximate surface area is 102 Å². The molecule has 1 N–H and O–H groups in total. The number of aryl methyl sites for hydroxylation is 1. The summed E-state index contributed by atoms with van der Waals surface area (Å²) in [6.45, 7) is 2.01. The van der Waals surface area contributed by atoms with E-state index in [0.717, 1.165) is 15.8 Å². The van der Waals surface area contributed by atoms with E-state index in [-0.39, 0.29) is 5.71 Å². The quantitative estimate of drug-likeness (QED) is 0.646. The van der Waals surface area contributed by atoms with Gasteiger partial charge in [0.1, 0.15) is 12.1 Å². The van der Waals surface area contributed by atoms with Crippen molar-refractivity contribution in [1.29, 1.82) is 10.5 Å². The number of hydrogen-bond acceptors (Lipinski definition) is 6. The first-order valence-corrected chi connectivity index (χ1v) is 5.55. The summed E-state index contributed by atoms with van der Waals surface area (Å²) in [5.74, 6) is 0. The fourth-order valence-corrected chi connectivity index (χ4v) is 2.17. The molecule has 0 unspecified atom stereocenters. The predicted molar refractivity (Wildman–Crippen MR) is 66.6 cm³/mol. The normalized spacial score (nSPS) is 9.35. The zero-order valence-electron chi connectivity index (χ0n) is 8.93. The molecule has 82 valence electrons. The Bertz CT molecular complexity index is 655. The van der Waals surface area contributed by atoms with Gasteiger partial charge in [0, 0.05) is 0 Å². The third-order valence-corrected chi connectivity index (χ3v) is 2.94. The Morgan fingerprint density at radius 3 is 2.88 bits per heavy atom. The van der Waals surface area contributed by atoms with Crippen molar-refractivity contribution >= 4 is 32.4 Å². The van der Waals surface area contributed by atoms with E-state index in [0.29, 0.717) is 5.13 Å². The van der Waals surface area contributed by atoms with Crippen LogP contribution in [0.2, 0.25) is 0 Å². The number of nitrogens with zero attached hydrogens (tertiary/aromatic N) is 4. The number of aromatic nitrogens is 1.